The first-order valence-electron chi connectivity index (χ1n) is 7.40. The first-order valence-corrected chi connectivity index (χ1v) is 7.40. The van der Waals surface area contributed by atoms with Crippen molar-refractivity contribution in [2.45, 2.75) is 6.17 Å². The first-order chi connectivity index (χ1) is 11.7. The highest BCUT2D eigenvalue weighted by Gasteiger charge is 2.29. The van der Waals surface area contributed by atoms with Crippen LogP contribution in [-0.4, -0.2) is 42.8 Å². The van der Waals surface area contributed by atoms with Crippen LogP contribution in [0.4, 0.5) is 5.69 Å². The predicted octanol–water partition coefficient (Wildman–Crippen LogP) is 0.963. The summed E-state index contributed by atoms with van der Waals surface area (Å²) in [5.74, 6) is -0.384. The number of rotatable bonds is 3. The lowest BCUT2D eigenvalue weighted by molar-refractivity contribution is -0.120. The van der Waals surface area contributed by atoms with Gasteiger partial charge in [0.1, 0.15) is 6.29 Å². The van der Waals surface area contributed by atoms with Crippen molar-refractivity contribution in [1.82, 2.24) is 0 Å². The summed E-state index contributed by atoms with van der Waals surface area (Å²) in [6.45, 7) is -0.0405. The fourth-order valence-corrected chi connectivity index (χ4v) is 2.54. The Kier molecular flexibility index (Phi) is 5.95. The minimum atomic E-state index is -1.03. The van der Waals surface area contributed by atoms with Crippen molar-refractivity contribution in [1.29, 1.82) is 0 Å². The van der Waals surface area contributed by atoms with Crippen LogP contribution < -0.4 is 10.6 Å². The Morgan fingerprint density at radius 3 is 2.42 bits per heavy atom. The van der Waals surface area contributed by atoms with Crippen LogP contribution >= 0.6 is 0 Å². The number of aliphatic imine (C=N–C) groups is 1. The third kappa shape index (κ3) is 3.40. The Morgan fingerprint density at radius 2 is 1.75 bits per heavy atom. The molecule has 24 heavy (non-hydrogen) atoms. The minimum Gasteiger partial charge on any atom is -0.400 e. The highest BCUT2D eigenvalue weighted by molar-refractivity contribution is 6.20. The van der Waals surface area contributed by atoms with Gasteiger partial charge in [0.05, 0.1) is 17.9 Å². The molecule has 1 heterocycles. The molecular formula is C18H19N3O3. The zero-order valence-electron chi connectivity index (χ0n) is 13.3. The molecule has 3 N–H and O–H groups in total. The van der Waals surface area contributed by atoms with Crippen LogP contribution in [0, 0.1) is 0 Å². The molecule has 1 amide bonds. The number of carbonyl (C=O) groups excluding carboxylic acids is 2. The molecule has 0 saturated heterocycles. The standard InChI is InChI=1S/C17H15N3O2.CH4O/c18-16-17(22)20(10-11-21)14-9-5-4-8-13(14)15(19-16)12-6-2-1-3-7-12;1-2/h1-9,11,16H,10,18H2;2H,1H3. The fourth-order valence-electron chi connectivity index (χ4n) is 2.54. The molecule has 0 fully saturated rings. The van der Waals surface area contributed by atoms with Gasteiger partial charge in [-0.3, -0.25) is 9.79 Å². The second kappa shape index (κ2) is 8.14. The number of para-hydroxylation sites is 1. The van der Waals surface area contributed by atoms with Gasteiger partial charge in [-0.1, -0.05) is 48.5 Å². The van der Waals surface area contributed by atoms with Crippen LogP contribution in [-0.2, 0) is 9.59 Å². The number of amides is 1. The topological polar surface area (TPSA) is 96.0 Å². The van der Waals surface area contributed by atoms with Gasteiger partial charge in [0.15, 0.2) is 6.17 Å². The van der Waals surface area contributed by atoms with Crippen molar-refractivity contribution in [2.24, 2.45) is 10.7 Å². The quantitative estimate of drug-likeness (QED) is 0.822. The van der Waals surface area contributed by atoms with Crippen LogP contribution in [0.5, 0.6) is 0 Å². The van der Waals surface area contributed by atoms with E-state index in [1.165, 1.54) is 4.90 Å². The number of hydrogen-bond acceptors (Lipinski definition) is 5. The van der Waals surface area contributed by atoms with Crippen LogP contribution in [0.1, 0.15) is 11.1 Å². The van der Waals surface area contributed by atoms with Crippen molar-refractivity contribution in [3.05, 3.63) is 65.7 Å². The summed E-state index contributed by atoms with van der Waals surface area (Å²) >= 11 is 0. The summed E-state index contributed by atoms with van der Waals surface area (Å²) in [4.78, 5) is 29.1. The van der Waals surface area contributed by atoms with Gasteiger partial charge in [-0.05, 0) is 6.07 Å². The number of aliphatic hydroxyl groups is 1. The molecule has 6 heteroatoms. The second-order valence-corrected chi connectivity index (χ2v) is 4.92. The van der Waals surface area contributed by atoms with Crippen molar-refractivity contribution in [3.8, 4) is 0 Å². The molecule has 2 aromatic carbocycles. The van der Waals surface area contributed by atoms with Gasteiger partial charge in [0.2, 0.25) is 0 Å². The molecule has 1 aliphatic heterocycles. The molecular weight excluding hydrogens is 306 g/mol. The lowest BCUT2D eigenvalue weighted by Crippen LogP contribution is -2.43. The molecule has 124 valence electrons. The minimum absolute atomic E-state index is 0.0405. The van der Waals surface area contributed by atoms with E-state index in [0.717, 1.165) is 18.2 Å². The second-order valence-electron chi connectivity index (χ2n) is 4.92. The number of nitrogens with zero attached hydrogens (tertiary/aromatic N) is 2. The zero-order chi connectivity index (χ0) is 17.5. The highest BCUT2D eigenvalue weighted by Crippen LogP contribution is 2.27. The Bertz CT molecular complexity index is 744. The zero-order valence-corrected chi connectivity index (χ0v) is 13.3. The van der Waals surface area contributed by atoms with Crippen molar-refractivity contribution in [2.75, 3.05) is 18.6 Å². The summed E-state index contributed by atoms with van der Waals surface area (Å²) in [6.07, 6.45) is -0.336. The number of aldehydes is 1. The first kappa shape index (κ1) is 17.5. The molecule has 0 spiro atoms. The Hall–Kier alpha value is -2.83. The summed E-state index contributed by atoms with van der Waals surface area (Å²) in [6, 6.07) is 16.9. The number of hydrogen-bond donors (Lipinski definition) is 2. The molecule has 3 rings (SSSR count). The van der Waals surface area contributed by atoms with Crippen molar-refractivity contribution < 1.29 is 14.7 Å². The number of benzodiazepines with no additional fused rings is 1. The molecule has 0 aliphatic carbocycles. The summed E-state index contributed by atoms with van der Waals surface area (Å²) in [5.41, 5.74) is 8.89. The highest BCUT2D eigenvalue weighted by atomic mass is 16.2. The number of carbonyl (C=O) groups is 2. The lowest BCUT2D eigenvalue weighted by atomic mass is 10.0. The number of anilines is 1. The number of nitrogens with two attached hydrogens (primary N) is 1. The third-order valence-electron chi connectivity index (χ3n) is 3.54. The average molecular weight is 325 g/mol. The van der Waals surface area contributed by atoms with Gasteiger partial charge < -0.3 is 20.5 Å². The molecule has 1 aliphatic rings. The molecule has 0 aromatic heterocycles. The molecule has 1 unspecified atom stereocenters. The lowest BCUT2D eigenvalue weighted by Gasteiger charge is -2.21. The van der Waals surface area contributed by atoms with Gasteiger partial charge in [-0.15, -0.1) is 0 Å². The monoisotopic (exact) mass is 325 g/mol. The summed E-state index contributed by atoms with van der Waals surface area (Å²) < 4.78 is 0. The van der Waals surface area contributed by atoms with E-state index in [4.69, 9.17) is 10.8 Å². The number of benzene rings is 2. The van der Waals surface area contributed by atoms with Crippen molar-refractivity contribution >= 4 is 23.6 Å². The Morgan fingerprint density at radius 1 is 1.12 bits per heavy atom. The average Bonchev–Trinajstić information content (AvgIpc) is 2.75. The van der Waals surface area contributed by atoms with Crippen LogP contribution in [0.2, 0.25) is 0 Å². The van der Waals surface area contributed by atoms with Gasteiger partial charge >= 0.3 is 0 Å². The van der Waals surface area contributed by atoms with Gasteiger partial charge in [0, 0.05) is 18.2 Å². The largest absolute Gasteiger partial charge is 0.400 e. The van der Waals surface area contributed by atoms with E-state index in [-0.39, 0.29) is 12.5 Å². The smallest absolute Gasteiger partial charge is 0.266 e. The van der Waals surface area contributed by atoms with E-state index in [2.05, 4.69) is 4.99 Å². The normalized spacial score (nSPS) is 16.3. The Labute approximate surface area is 140 Å². The fraction of sp³-hybridized carbons (Fsp3) is 0.167. The Balaban J connectivity index is 0.00000100. The maximum atomic E-state index is 12.4. The third-order valence-corrected chi connectivity index (χ3v) is 3.54. The molecule has 6 nitrogen and oxygen atoms in total. The molecule has 0 bridgehead atoms. The van der Waals surface area contributed by atoms with E-state index >= 15 is 0 Å². The molecule has 0 saturated carbocycles. The molecule has 1 atom stereocenters. The SMILES string of the molecule is CO.NC1N=C(c2ccccc2)c2ccccc2N(CC=O)C1=O. The maximum Gasteiger partial charge on any atom is 0.266 e. The van der Waals surface area contributed by atoms with Crippen LogP contribution in [0.25, 0.3) is 0 Å². The van der Waals surface area contributed by atoms with Gasteiger partial charge in [-0.25, -0.2) is 0 Å². The van der Waals surface area contributed by atoms with E-state index in [1.807, 2.05) is 48.5 Å². The maximum absolute atomic E-state index is 12.4. The number of aliphatic hydroxyl groups excluding tert-OH is 1. The van der Waals surface area contributed by atoms with E-state index in [1.54, 1.807) is 6.07 Å². The van der Waals surface area contributed by atoms with E-state index < -0.39 is 6.17 Å². The van der Waals surface area contributed by atoms with Gasteiger partial charge in [-0.2, -0.15) is 0 Å². The van der Waals surface area contributed by atoms with Gasteiger partial charge in [0.25, 0.3) is 5.91 Å². The molecule has 0 radical (unpaired) electrons. The van der Waals surface area contributed by atoms with E-state index in [0.29, 0.717) is 17.7 Å². The van der Waals surface area contributed by atoms with Crippen molar-refractivity contribution in [3.63, 3.8) is 0 Å². The summed E-state index contributed by atoms with van der Waals surface area (Å²) in [5, 5.41) is 7.00. The van der Waals surface area contributed by atoms with E-state index in [9.17, 15) is 9.59 Å². The van der Waals surface area contributed by atoms with Crippen LogP contribution in [0.3, 0.4) is 0 Å². The van der Waals surface area contributed by atoms with Crippen LogP contribution in [0.15, 0.2) is 59.6 Å². The number of fused-ring (bicyclic) bond motifs is 1. The molecule has 2 aromatic rings. The predicted molar refractivity (Wildman–Crippen MR) is 93.1 cm³/mol. The summed E-state index contributed by atoms with van der Waals surface area (Å²) in [7, 11) is 1.00.